The molecule has 9 heteroatoms. The molecule has 1 aromatic heterocycles. The molecule has 2 aromatic rings. The molecule has 124 valence electrons. The smallest absolute Gasteiger partial charge is 0.320 e. The molecule has 0 radical (unpaired) electrons. The lowest BCUT2D eigenvalue weighted by Gasteiger charge is -2.11. The second-order valence-corrected chi connectivity index (χ2v) is 7.21. The third kappa shape index (κ3) is 4.30. The van der Waals surface area contributed by atoms with Crippen LogP contribution < -0.4 is 10.6 Å². The van der Waals surface area contributed by atoms with Gasteiger partial charge in [-0.15, -0.1) is 0 Å². The van der Waals surface area contributed by atoms with Crippen molar-refractivity contribution in [3.05, 3.63) is 41.7 Å². The lowest BCUT2D eigenvalue weighted by atomic mass is 10.2. The molecule has 0 saturated carbocycles. The van der Waals surface area contributed by atoms with Crippen LogP contribution in [0, 0.1) is 6.92 Å². The van der Waals surface area contributed by atoms with Gasteiger partial charge in [0.1, 0.15) is 5.76 Å². The van der Waals surface area contributed by atoms with Gasteiger partial charge in [0.05, 0.1) is 4.90 Å². The van der Waals surface area contributed by atoms with E-state index in [9.17, 15) is 13.2 Å². The molecule has 1 heterocycles. The fourth-order valence-electron chi connectivity index (χ4n) is 1.76. The van der Waals surface area contributed by atoms with Gasteiger partial charge in [0.2, 0.25) is 10.0 Å². The summed E-state index contributed by atoms with van der Waals surface area (Å²) in [5, 5.41) is 8.82. The highest BCUT2D eigenvalue weighted by Gasteiger charge is 2.16. The molecular formula is C14H18N4O4S. The topological polar surface area (TPSA) is 105 Å². The van der Waals surface area contributed by atoms with Gasteiger partial charge < -0.3 is 9.84 Å². The van der Waals surface area contributed by atoms with E-state index in [-0.39, 0.29) is 11.4 Å². The first-order valence-corrected chi connectivity index (χ1v) is 8.22. The van der Waals surface area contributed by atoms with Gasteiger partial charge in [-0.25, -0.2) is 17.5 Å². The van der Waals surface area contributed by atoms with Gasteiger partial charge in [-0.1, -0.05) is 17.3 Å². The van der Waals surface area contributed by atoms with Gasteiger partial charge in [-0.05, 0) is 24.6 Å². The summed E-state index contributed by atoms with van der Waals surface area (Å²) in [4.78, 5) is 11.9. The van der Waals surface area contributed by atoms with E-state index in [1.807, 2.05) is 0 Å². The highest BCUT2D eigenvalue weighted by molar-refractivity contribution is 7.89. The number of nitrogens with one attached hydrogen (secondary N) is 2. The quantitative estimate of drug-likeness (QED) is 0.861. The van der Waals surface area contributed by atoms with Crippen molar-refractivity contribution in [2.24, 2.45) is 0 Å². The minimum atomic E-state index is -3.45. The van der Waals surface area contributed by atoms with E-state index in [4.69, 9.17) is 4.52 Å². The third-order valence-electron chi connectivity index (χ3n) is 3.02. The number of rotatable bonds is 5. The monoisotopic (exact) mass is 338 g/mol. The van der Waals surface area contributed by atoms with Crippen LogP contribution in [0.2, 0.25) is 0 Å². The largest absolute Gasteiger partial charge is 0.360 e. The molecular weight excluding hydrogens is 320 g/mol. The van der Waals surface area contributed by atoms with E-state index in [1.165, 1.54) is 26.2 Å². The lowest BCUT2D eigenvalue weighted by molar-refractivity contribution is 0.251. The molecule has 23 heavy (non-hydrogen) atoms. The normalized spacial score (nSPS) is 11.5. The van der Waals surface area contributed by atoms with Crippen molar-refractivity contribution in [1.82, 2.24) is 14.8 Å². The second kappa shape index (κ2) is 6.80. The summed E-state index contributed by atoms with van der Waals surface area (Å²) in [7, 11) is -0.502. The maximum atomic E-state index is 11.9. The van der Waals surface area contributed by atoms with Crippen LogP contribution >= 0.6 is 0 Å². The first-order valence-electron chi connectivity index (χ1n) is 6.78. The number of hydrogen-bond acceptors (Lipinski definition) is 5. The molecule has 1 aromatic carbocycles. The Morgan fingerprint density at radius 3 is 2.43 bits per heavy atom. The van der Waals surface area contributed by atoms with E-state index < -0.39 is 16.1 Å². The zero-order valence-corrected chi connectivity index (χ0v) is 13.8. The van der Waals surface area contributed by atoms with Crippen LogP contribution in [0.25, 0.3) is 0 Å². The molecule has 0 atom stereocenters. The van der Waals surface area contributed by atoms with Crippen LogP contribution in [0.3, 0.4) is 0 Å². The van der Waals surface area contributed by atoms with E-state index >= 15 is 0 Å². The summed E-state index contributed by atoms with van der Waals surface area (Å²) in [6, 6.07) is 7.48. The summed E-state index contributed by atoms with van der Waals surface area (Å²) < 4.78 is 29.9. The molecule has 2 N–H and O–H groups in total. The predicted molar refractivity (Wildman–Crippen MR) is 84.4 cm³/mol. The third-order valence-corrected chi connectivity index (χ3v) is 4.85. The van der Waals surface area contributed by atoms with Crippen molar-refractivity contribution in [2.45, 2.75) is 18.4 Å². The Labute approximate surface area is 134 Å². The average molecular weight is 338 g/mol. The highest BCUT2D eigenvalue weighted by atomic mass is 32.2. The molecule has 0 aliphatic rings. The number of carbonyl (C=O) groups excluding carboxylic acids is 1. The molecule has 0 fully saturated rings. The van der Waals surface area contributed by atoms with Crippen molar-refractivity contribution in [3.8, 4) is 0 Å². The summed E-state index contributed by atoms with van der Waals surface area (Å²) in [5.74, 6) is 0.922. The maximum absolute atomic E-state index is 11.9. The van der Waals surface area contributed by atoms with Gasteiger partial charge in [0, 0.05) is 26.7 Å². The minimum Gasteiger partial charge on any atom is -0.360 e. The van der Waals surface area contributed by atoms with Crippen molar-refractivity contribution in [2.75, 3.05) is 19.4 Å². The minimum absolute atomic E-state index is 0.203. The number of aromatic nitrogens is 1. The summed E-state index contributed by atoms with van der Waals surface area (Å²) in [6.07, 6.45) is 0. The standard InChI is InChI=1S/C14H18N4O4S/c1-10-8-13(17-22-10)16-14(19)15-9-11-4-6-12(7-5-11)23(20,21)18(2)3/h4-8H,9H2,1-3H3,(H2,15,16,17,19). The van der Waals surface area contributed by atoms with Crippen molar-refractivity contribution < 1.29 is 17.7 Å². The molecule has 8 nitrogen and oxygen atoms in total. The van der Waals surface area contributed by atoms with Crippen LogP contribution in [0.1, 0.15) is 11.3 Å². The number of aryl methyl sites for hydroxylation is 1. The SMILES string of the molecule is Cc1cc(NC(=O)NCc2ccc(S(=O)(=O)N(C)C)cc2)no1. The summed E-state index contributed by atoms with van der Waals surface area (Å²) >= 11 is 0. The molecule has 0 aliphatic carbocycles. The first-order chi connectivity index (χ1) is 10.8. The second-order valence-electron chi connectivity index (χ2n) is 5.06. The van der Waals surface area contributed by atoms with E-state index in [0.29, 0.717) is 11.6 Å². The number of carbonyl (C=O) groups is 1. The number of benzene rings is 1. The average Bonchev–Trinajstić information content (AvgIpc) is 2.90. The van der Waals surface area contributed by atoms with Crippen LogP contribution in [0.5, 0.6) is 0 Å². The Kier molecular flexibility index (Phi) is 5.02. The van der Waals surface area contributed by atoms with Crippen LogP contribution in [0.15, 0.2) is 39.8 Å². The van der Waals surface area contributed by atoms with Crippen LogP contribution in [0.4, 0.5) is 10.6 Å². The number of amides is 2. The van der Waals surface area contributed by atoms with Crippen molar-refractivity contribution in [1.29, 1.82) is 0 Å². The van der Waals surface area contributed by atoms with Crippen LogP contribution in [-0.2, 0) is 16.6 Å². The Hall–Kier alpha value is -2.39. The number of urea groups is 1. The summed E-state index contributed by atoms with van der Waals surface area (Å²) in [5.41, 5.74) is 0.772. The Balaban J connectivity index is 1.92. The number of nitrogens with zero attached hydrogens (tertiary/aromatic N) is 2. The van der Waals surface area contributed by atoms with Crippen molar-refractivity contribution >= 4 is 21.9 Å². The molecule has 0 saturated heterocycles. The van der Waals surface area contributed by atoms with Gasteiger partial charge in [-0.2, -0.15) is 0 Å². The highest BCUT2D eigenvalue weighted by Crippen LogP contribution is 2.14. The van der Waals surface area contributed by atoms with Gasteiger partial charge in [0.15, 0.2) is 5.82 Å². The molecule has 0 unspecified atom stereocenters. The Bertz CT molecular complexity index is 781. The zero-order valence-electron chi connectivity index (χ0n) is 13.0. The molecule has 2 amide bonds. The van der Waals surface area contributed by atoms with Gasteiger partial charge in [0.25, 0.3) is 0 Å². The molecule has 0 bridgehead atoms. The fraction of sp³-hybridized carbons (Fsp3) is 0.286. The molecule has 0 aliphatic heterocycles. The fourth-order valence-corrected chi connectivity index (χ4v) is 2.66. The van der Waals surface area contributed by atoms with E-state index in [1.54, 1.807) is 25.1 Å². The zero-order chi connectivity index (χ0) is 17.0. The molecule has 0 spiro atoms. The number of hydrogen-bond donors (Lipinski definition) is 2. The van der Waals surface area contributed by atoms with Gasteiger partial charge >= 0.3 is 6.03 Å². The van der Waals surface area contributed by atoms with Gasteiger partial charge in [-0.3, -0.25) is 5.32 Å². The maximum Gasteiger partial charge on any atom is 0.320 e. The lowest BCUT2D eigenvalue weighted by Crippen LogP contribution is -2.28. The van der Waals surface area contributed by atoms with E-state index in [2.05, 4.69) is 15.8 Å². The van der Waals surface area contributed by atoms with Crippen molar-refractivity contribution in [3.63, 3.8) is 0 Å². The number of anilines is 1. The van der Waals surface area contributed by atoms with E-state index in [0.717, 1.165) is 9.87 Å². The predicted octanol–water partition coefficient (Wildman–Crippen LogP) is 1.56. The Morgan fingerprint density at radius 1 is 1.26 bits per heavy atom. The first kappa shape index (κ1) is 17.0. The number of sulfonamides is 1. The van der Waals surface area contributed by atoms with Crippen LogP contribution in [-0.4, -0.2) is 38.0 Å². The molecule has 2 rings (SSSR count). The Morgan fingerprint density at radius 2 is 1.91 bits per heavy atom. The summed E-state index contributed by atoms with van der Waals surface area (Å²) in [6.45, 7) is 1.98.